The highest BCUT2D eigenvalue weighted by molar-refractivity contribution is 5.98. The zero-order valence-corrected chi connectivity index (χ0v) is 19.6. The molecule has 0 amide bonds. The summed E-state index contributed by atoms with van der Waals surface area (Å²) >= 11 is 0. The zero-order chi connectivity index (χ0) is 22.2. The average Bonchev–Trinajstić information content (AvgIpc) is 2.74. The predicted molar refractivity (Wildman–Crippen MR) is 136 cm³/mol. The molecule has 1 heteroatoms. The summed E-state index contributed by atoms with van der Waals surface area (Å²) in [6.45, 7) is 13.6. The monoisotopic (exact) mass is 407 g/mol. The molecule has 4 aromatic rings. The Hall–Kier alpha value is -3.06. The summed E-state index contributed by atoms with van der Waals surface area (Å²) in [6.07, 6.45) is 0. The van der Waals surface area contributed by atoms with Gasteiger partial charge in [0.25, 0.3) is 0 Å². The van der Waals surface area contributed by atoms with E-state index in [0.29, 0.717) is 0 Å². The van der Waals surface area contributed by atoms with Crippen LogP contribution in [0.25, 0.3) is 10.8 Å². The molecule has 4 rings (SSSR count). The maximum Gasteiger partial charge on any atom is 0.0540 e. The van der Waals surface area contributed by atoms with Gasteiger partial charge in [0.05, 0.1) is 5.69 Å². The molecule has 0 aliphatic carbocycles. The summed E-state index contributed by atoms with van der Waals surface area (Å²) in [5.74, 6) is 0. The Bertz CT molecular complexity index is 1110. The van der Waals surface area contributed by atoms with Crippen LogP contribution in [0.1, 0.15) is 52.7 Å². The van der Waals surface area contributed by atoms with E-state index < -0.39 is 0 Å². The third kappa shape index (κ3) is 4.37. The van der Waals surface area contributed by atoms with Crippen LogP contribution in [0.4, 0.5) is 17.1 Å². The number of hydrogen-bond acceptors (Lipinski definition) is 1. The fraction of sp³-hybridized carbons (Fsp3) is 0.267. The fourth-order valence-corrected chi connectivity index (χ4v) is 4.05. The SMILES string of the molecule is CC(C)(C)c1ccc(N(c2ccc(C(C)(C)C)cc2)c2cccc3ccccc23)cc1. The van der Waals surface area contributed by atoms with E-state index in [1.165, 1.54) is 39.0 Å². The highest BCUT2D eigenvalue weighted by Gasteiger charge is 2.19. The van der Waals surface area contributed by atoms with Gasteiger partial charge in [0.2, 0.25) is 0 Å². The van der Waals surface area contributed by atoms with Crippen LogP contribution in [0, 0.1) is 0 Å². The molecule has 0 N–H and O–H groups in total. The molecule has 1 nitrogen and oxygen atoms in total. The Morgan fingerprint density at radius 2 is 0.935 bits per heavy atom. The van der Waals surface area contributed by atoms with Crippen molar-refractivity contribution >= 4 is 27.8 Å². The van der Waals surface area contributed by atoms with Crippen molar-refractivity contribution in [3.8, 4) is 0 Å². The summed E-state index contributed by atoms with van der Waals surface area (Å²) < 4.78 is 0. The molecular formula is C30H33N. The van der Waals surface area contributed by atoms with Gasteiger partial charge in [-0.2, -0.15) is 0 Å². The first-order valence-corrected chi connectivity index (χ1v) is 11.1. The average molecular weight is 408 g/mol. The van der Waals surface area contributed by atoms with Crippen molar-refractivity contribution in [2.24, 2.45) is 0 Å². The molecule has 0 heterocycles. The lowest BCUT2D eigenvalue weighted by Gasteiger charge is -2.29. The van der Waals surface area contributed by atoms with Gasteiger partial charge in [-0.15, -0.1) is 0 Å². The van der Waals surface area contributed by atoms with E-state index in [9.17, 15) is 0 Å². The van der Waals surface area contributed by atoms with Gasteiger partial charge >= 0.3 is 0 Å². The van der Waals surface area contributed by atoms with E-state index in [0.717, 1.165) is 0 Å². The number of fused-ring (bicyclic) bond motifs is 1. The summed E-state index contributed by atoms with van der Waals surface area (Å²) in [4.78, 5) is 2.38. The normalized spacial score (nSPS) is 12.2. The number of hydrogen-bond donors (Lipinski definition) is 0. The number of nitrogens with zero attached hydrogens (tertiary/aromatic N) is 1. The predicted octanol–water partition coefficient (Wildman–Crippen LogP) is 8.90. The van der Waals surface area contributed by atoms with Gasteiger partial charge in [-0.3, -0.25) is 0 Å². The van der Waals surface area contributed by atoms with Crippen LogP contribution in [0.3, 0.4) is 0 Å². The number of anilines is 3. The van der Waals surface area contributed by atoms with Gasteiger partial charge < -0.3 is 4.90 Å². The van der Waals surface area contributed by atoms with Crippen molar-refractivity contribution in [1.82, 2.24) is 0 Å². The molecule has 0 aromatic heterocycles. The largest absolute Gasteiger partial charge is 0.310 e. The van der Waals surface area contributed by atoms with E-state index in [4.69, 9.17) is 0 Å². The molecule has 0 bridgehead atoms. The first kappa shape index (κ1) is 21.2. The zero-order valence-electron chi connectivity index (χ0n) is 19.6. The highest BCUT2D eigenvalue weighted by atomic mass is 15.1. The first-order chi connectivity index (χ1) is 14.6. The third-order valence-electron chi connectivity index (χ3n) is 5.99. The van der Waals surface area contributed by atoms with Gasteiger partial charge in [-0.05, 0) is 57.7 Å². The second kappa shape index (κ2) is 7.89. The van der Waals surface area contributed by atoms with E-state index in [-0.39, 0.29) is 10.8 Å². The second-order valence-corrected chi connectivity index (χ2v) is 10.4. The molecule has 0 atom stereocenters. The van der Waals surface area contributed by atoms with Gasteiger partial charge in [-0.25, -0.2) is 0 Å². The molecule has 31 heavy (non-hydrogen) atoms. The molecule has 0 saturated carbocycles. The topological polar surface area (TPSA) is 3.24 Å². The third-order valence-corrected chi connectivity index (χ3v) is 5.99. The van der Waals surface area contributed by atoms with Crippen LogP contribution in [0.5, 0.6) is 0 Å². The standard InChI is InChI=1S/C30H33N/c1-29(2,3)23-14-18-25(19-15-23)31(26-20-16-24(17-21-26)30(4,5)6)28-13-9-11-22-10-7-8-12-27(22)28/h7-21H,1-6H3. The van der Waals surface area contributed by atoms with Crippen molar-refractivity contribution in [2.45, 2.75) is 52.4 Å². The van der Waals surface area contributed by atoms with E-state index >= 15 is 0 Å². The van der Waals surface area contributed by atoms with Crippen LogP contribution in [-0.4, -0.2) is 0 Å². The van der Waals surface area contributed by atoms with Crippen LogP contribution in [-0.2, 0) is 10.8 Å². The van der Waals surface area contributed by atoms with Crippen molar-refractivity contribution in [3.63, 3.8) is 0 Å². The van der Waals surface area contributed by atoms with Crippen molar-refractivity contribution in [3.05, 3.63) is 102 Å². The minimum atomic E-state index is 0.136. The molecule has 0 radical (unpaired) electrons. The van der Waals surface area contributed by atoms with Crippen molar-refractivity contribution < 1.29 is 0 Å². The van der Waals surface area contributed by atoms with Gasteiger partial charge in [0.15, 0.2) is 0 Å². The minimum Gasteiger partial charge on any atom is -0.310 e. The molecule has 4 aromatic carbocycles. The number of rotatable bonds is 3. The highest BCUT2D eigenvalue weighted by Crippen LogP contribution is 2.40. The molecule has 0 unspecified atom stereocenters. The quantitative estimate of drug-likeness (QED) is 0.328. The van der Waals surface area contributed by atoms with E-state index in [1.807, 2.05) is 0 Å². The van der Waals surface area contributed by atoms with Crippen LogP contribution >= 0.6 is 0 Å². The fourth-order valence-electron chi connectivity index (χ4n) is 4.05. The van der Waals surface area contributed by atoms with Crippen LogP contribution in [0.2, 0.25) is 0 Å². The van der Waals surface area contributed by atoms with Gasteiger partial charge in [0.1, 0.15) is 0 Å². The molecule has 0 fully saturated rings. The van der Waals surface area contributed by atoms with Crippen LogP contribution < -0.4 is 4.90 Å². The molecule has 0 saturated heterocycles. The lowest BCUT2D eigenvalue weighted by molar-refractivity contribution is 0.590. The maximum atomic E-state index is 2.38. The van der Waals surface area contributed by atoms with Crippen molar-refractivity contribution in [2.75, 3.05) is 4.90 Å². The molecule has 158 valence electrons. The molecule has 0 spiro atoms. The number of benzene rings is 4. The van der Waals surface area contributed by atoms with Gasteiger partial charge in [-0.1, -0.05) is 102 Å². The minimum absolute atomic E-state index is 0.136. The smallest absolute Gasteiger partial charge is 0.0540 e. The Balaban J connectivity index is 1.89. The Labute approximate surface area is 187 Å². The Morgan fingerprint density at radius 1 is 0.484 bits per heavy atom. The first-order valence-electron chi connectivity index (χ1n) is 11.1. The lowest BCUT2D eigenvalue weighted by atomic mass is 9.86. The molecule has 0 aliphatic rings. The molecular weight excluding hydrogens is 374 g/mol. The summed E-state index contributed by atoms with van der Waals surface area (Å²) in [6, 6.07) is 33.2. The summed E-state index contributed by atoms with van der Waals surface area (Å²) in [5, 5.41) is 2.51. The molecule has 0 aliphatic heterocycles. The maximum absolute atomic E-state index is 2.38. The lowest BCUT2D eigenvalue weighted by Crippen LogP contribution is -2.14. The summed E-state index contributed by atoms with van der Waals surface area (Å²) in [7, 11) is 0. The van der Waals surface area contributed by atoms with Crippen LogP contribution in [0.15, 0.2) is 91.0 Å². The van der Waals surface area contributed by atoms with E-state index in [1.54, 1.807) is 0 Å². The van der Waals surface area contributed by atoms with Gasteiger partial charge in [0, 0.05) is 16.8 Å². The van der Waals surface area contributed by atoms with Crippen molar-refractivity contribution in [1.29, 1.82) is 0 Å². The summed E-state index contributed by atoms with van der Waals surface area (Å²) in [5.41, 5.74) is 6.51. The second-order valence-electron chi connectivity index (χ2n) is 10.4. The van der Waals surface area contributed by atoms with E-state index in [2.05, 4.69) is 137 Å². The Morgan fingerprint density at radius 3 is 1.42 bits per heavy atom. The Kier molecular flexibility index (Phi) is 5.39.